The van der Waals surface area contributed by atoms with Crippen LogP contribution in [0.5, 0.6) is 0 Å². The van der Waals surface area contributed by atoms with Crippen molar-refractivity contribution >= 4 is 26.0 Å². The number of benzene rings is 1. The number of sulfonamides is 1. The second-order valence-corrected chi connectivity index (χ2v) is 7.99. The smallest absolute Gasteiger partial charge is 0.243 e. The molecule has 1 N–H and O–H groups in total. The first-order chi connectivity index (χ1) is 9.28. The molecule has 0 saturated carbocycles. The maximum atomic E-state index is 12.5. The Kier molecular flexibility index (Phi) is 6.64. The van der Waals surface area contributed by atoms with Gasteiger partial charge in [-0.1, -0.05) is 26.8 Å². The van der Waals surface area contributed by atoms with E-state index in [1.807, 2.05) is 13.0 Å². The van der Waals surface area contributed by atoms with Crippen LogP contribution in [0.25, 0.3) is 0 Å². The molecule has 114 valence electrons. The molecule has 0 aliphatic rings. The van der Waals surface area contributed by atoms with Gasteiger partial charge >= 0.3 is 0 Å². The average Bonchev–Trinajstić information content (AvgIpc) is 2.37. The number of nitrogens with one attached hydrogen (secondary N) is 1. The molecule has 0 spiro atoms. The fraction of sp³-hybridized carbons (Fsp3) is 0.571. The minimum atomic E-state index is -3.43. The number of hydrogen-bond donors (Lipinski definition) is 1. The lowest BCUT2D eigenvalue weighted by atomic mass is 10.2. The molecule has 20 heavy (non-hydrogen) atoms. The Morgan fingerprint density at radius 1 is 1.35 bits per heavy atom. The molecule has 6 heteroatoms. The summed E-state index contributed by atoms with van der Waals surface area (Å²) in [6, 6.07) is 5.82. The van der Waals surface area contributed by atoms with Gasteiger partial charge in [0.15, 0.2) is 0 Å². The van der Waals surface area contributed by atoms with E-state index < -0.39 is 10.0 Å². The van der Waals surface area contributed by atoms with Gasteiger partial charge in [0.2, 0.25) is 10.0 Å². The first kappa shape index (κ1) is 17.6. The lowest BCUT2D eigenvalue weighted by Crippen LogP contribution is -2.28. The van der Waals surface area contributed by atoms with Crippen LogP contribution in [-0.4, -0.2) is 32.4 Å². The lowest BCUT2D eigenvalue weighted by molar-refractivity contribution is 0.468. The third-order valence-corrected chi connectivity index (χ3v) is 5.79. The molecule has 0 aliphatic heterocycles. The van der Waals surface area contributed by atoms with Crippen molar-refractivity contribution in [2.24, 2.45) is 0 Å². The summed E-state index contributed by atoms with van der Waals surface area (Å²) in [5, 5.41) is 3.29. The van der Waals surface area contributed by atoms with Crippen molar-refractivity contribution in [3.8, 4) is 0 Å². The normalized spacial score (nSPS) is 12.3. The second-order valence-electron chi connectivity index (χ2n) is 5.13. The van der Waals surface area contributed by atoms with Crippen molar-refractivity contribution in [1.82, 2.24) is 9.62 Å². The first-order valence-corrected chi connectivity index (χ1v) is 9.00. The van der Waals surface area contributed by atoms with Gasteiger partial charge in [-0.25, -0.2) is 12.7 Å². The molecule has 0 radical (unpaired) electrons. The molecule has 0 aliphatic carbocycles. The van der Waals surface area contributed by atoms with E-state index >= 15 is 0 Å². The zero-order valence-corrected chi connectivity index (χ0v) is 14.9. The van der Waals surface area contributed by atoms with E-state index in [4.69, 9.17) is 0 Å². The highest BCUT2D eigenvalue weighted by Gasteiger charge is 2.23. The van der Waals surface area contributed by atoms with Crippen LogP contribution in [0.2, 0.25) is 0 Å². The van der Waals surface area contributed by atoms with Crippen molar-refractivity contribution in [2.75, 3.05) is 13.6 Å². The van der Waals surface area contributed by atoms with Crippen LogP contribution in [-0.2, 0) is 16.6 Å². The summed E-state index contributed by atoms with van der Waals surface area (Å²) < 4.78 is 27.0. The molecular weight excluding hydrogens is 340 g/mol. The number of nitrogens with zero attached hydrogens (tertiary/aromatic N) is 1. The second kappa shape index (κ2) is 7.54. The van der Waals surface area contributed by atoms with Gasteiger partial charge in [0.05, 0.1) is 4.90 Å². The van der Waals surface area contributed by atoms with Gasteiger partial charge in [-0.2, -0.15) is 0 Å². The summed E-state index contributed by atoms with van der Waals surface area (Å²) in [6.07, 6.45) is 0.794. The highest BCUT2D eigenvalue weighted by molar-refractivity contribution is 9.10. The molecule has 0 fully saturated rings. The minimum absolute atomic E-state index is 0.330. The topological polar surface area (TPSA) is 49.4 Å². The fourth-order valence-corrected chi connectivity index (χ4v) is 4.01. The summed E-state index contributed by atoms with van der Waals surface area (Å²) in [5.74, 6) is 0. The molecule has 1 aromatic carbocycles. The Balaban J connectivity index is 3.07. The predicted molar refractivity (Wildman–Crippen MR) is 86.2 cm³/mol. The third kappa shape index (κ3) is 4.55. The lowest BCUT2D eigenvalue weighted by Gasteiger charge is -2.18. The van der Waals surface area contributed by atoms with Gasteiger partial charge in [0.1, 0.15) is 0 Å². The van der Waals surface area contributed by atoms with E-state index in [0.29, 0.717) is 28.5 Å². The first-order valence-electron chi connectivity index (χ1n) is 6.77. The Labute approximate surface area is 130 Å². The summed E-state index contributed by atoms with van der Waals surface area (Å²) in [7, 11) is -1.82. The van der Waals surface area contributed by atoms with Crippen molar-refractivity contribution in [3.05, 3.63) is 28.2 Å². The molecule has 0 heterocycles. The van der Waals surface area contributed by atoms with Crippen LogP contribution in [0.3, 0.4) is 0 Å². The van der Waals surface area contributed by atoms with E-state index in [9.17, 15) is 8.42 Å². The van der Waals surface area contributed by atoms with Gasteiger partial charge in [0, 0.05) is 30.7 Å². The van der Waals surface area contributed by atoms with Crippen molar-refractivity contribution in [1.29, 1.82) is 0 Å². The van der Waals surface area contributed by atoms with E-state index in [1.54, 1.807) is 19.2 Å². The van der Waals surface area contributed by atoms with Gasteiger partial charge in [-0.05, 0) is 40.0 Å². The highest BCUT2D eigenvalue weighted by Crippen LogP contribution is 2.26. The Bertz CT molecular complexity index is 544. The quantitative estimate of drug-likeness (QED) is 0.810. The molecule has 0 amide bonds. The molecule has 1 aromatic rings. The molecule has 0 saturated heterocycles. The van der Waals surface area contributed by atoms with Crippen LogP contribution < -0.4 is 5.32 Å². The Hall–Kier alpha value is -0.430. The van der Waals surface area contributed by atoms with E-state index in [2.05, 4.69) is 35.1 Å². The zero-order chi connectivity index (χ0) is 15.3. The molecule has 0 bridgehead atoms. The Morgan fingerprint density at radius 2 is 2.00 bits per heavy atom. The fourth-order valence-electron chi connectivity index (χ4n) is 1.78. The molecule has 1 rings (SSSR count). The SMILES string of the molecule is CCCN(C)S(=O)(=O)c1cc(CNC(C)C)ccc1Br. The van der Waals surface area contributed by atoms with Gasteiger partial charge < -0.3 is 5.32 Å². The van der Waals surface area contributed by atoms with Crippen LogP contribution in [0.15, 0.2) is 27.6 Å². The maximum absolute atomic E-state index is 12.5. The minimum Gasteiger partial charge on any atom is -0.310 e. The van der Waals surface area contributed by atoms with Gasteiger partial charge in [0.25, 0.3) is 0 Å². The number of hydrogen-bond acceptors (Lipinski definition) is 3. The highest BCUT2D eigenvalue weighted by atomic mass is 79.9. The molecule has 4 nitrogen and oxygen atoms in total. The van der Waals surface area contributed by atoms with Crippen LogP contribution in [0.1, 0.15) is 32.8 Å². The number of halogens is 1. The van der Waals surface area contributed by atoms with E-state index in [-0.39, 0.29) is 0 Å². The largest absolute Gasteiger partial charge is 0.310 e. The number of rotatable bonds is 7. The van der Waals surface area contributed by atoms with Crippen molar-refractivity contribution in [3.63, 3.8) is 0 Å². The molecule has 0 atom stereocenters. The summed E-state index contributed by atoms with van der Waals surface area (Å²) in [5.41, 5.74) is 0.963. The van der Waals surface area contributed by atoms with E-state index in [0.717, 1.165) is 12.0 Å². The van der Waals surface area contributed by atoms with Crippen LogP contribution >= 0.6 is 15.9 Å². The standard InChI is InChI=1S/C14H23BrN2O2S/c1-5-8-17(4)20(18,19)14-9-12(6-7-13(14)15)10-16-11(2)3/h6-7,9,11,16H,5,8,10H2,1-4H3. The summed E-state index contributed by atoms with van der Waals surface area (Å²) in [4.78, 5) is 0.330. The third-order valence-electron chi connectivity index (χ3n) is 2.94. The monoisotopic (exact) mass is 362 g/mol. The van der Waals surface area contributed by atoms with Crippen LogP contribution in [0, 0.1) is 0 Å². The van der Waals surface area contributed by atoms with Gasteiger partial charge in [-0.3, -0.25) is 0 Å². The van der Waals surface area contributed by atoms with Crippen molar-refractivity contribution < 1.29 is 8.42 Å². The summed E-state index contributed by atoms with van der Waals surface area (Å²) in [6.45, 7) is 7.26. The molecule has 0 aromatic heterocycles. The van der Waals surface area contributed by atoms with E-state index in [1.165, 1.54) is 4.31 Å². The summed E-state index contributed by atoms with van der Waals surface area (Å²) >= 11 is 3.34. The molecular formula is C14H23BrN2O2S. The molecule has 0 unspecified atom stereocenters. The average molecular weight is 363 g/mol. The Morgan fingerprint density at radius 3 is 2.55 bits per heavy atom. The zero-order valence-electron chi connectivity index (χ0n) is 12.5. The van der Waals surface area contributed by atoms with Gasteiger partial charge in [-0.15, -0.1) is 0 Å². The maximum Gasteiger partial charge on any atom is 0.243 e. The van der Waals surface area contributed by atoms with Crippen LogP contribution in [0.4, 0.5) is 0 Å². The van der Waals surface area contributed by atoms with Crippen molar-refractivity contribution in [2.45, 2.75) is 44.7 Å². The predicted octanol–water partition coefficient (Wildman–Crippen LogP) is 2.98.